The molecule has 1 unspecified atom stereocenters. The summed E-state index contributed by atoms with van der Waals surface area (Å²) in [5.74, 6) is 1.51. The molecular weight excluding hydrogens is 318 g/mol. The summed E-state index contributed by atoms with van der Waals surface area (Å²) in [6, 6.07) is 10.2. The summed E-state index contributed by atoms with van der Waals surface area (Å²) in [4.78, 5) is 6.68. The molecule has 1 aromatic rings. The van der Waals surface area contributed by atoms with Gasteiger partial charge in [-0.2, -0.15) is 0 Å². The summed E-state index contributed by atoms with van der Waals surface area (Å²) in [6.07, 6.45) is 1.14. The fourth-order valence-electron chi connectivity index (χ4n) is 2.88. The lowest BCUT2D eigenvalue weighted by atomic mass is 10.1. The zero-order valence-corrected chi connectivity index (χ0v) is 15.4. The molecule has 0 aliphatic carbocycles. The number of ether oxygens (including phenoxy) is 3. The Kier molecular flexibility index (Phi) is 9.33. The molecule has 1 saturated heterocycles. The lowest BCUT2D eigenvalue weighted by Crippen LogP contribution is -2.41. The summed E-state index contributed by atoms with van der Waals surface area (Å²) in [5.41, 5.74) is 1.20. The van der Waals surface area contributed by atoms with Gasteiger partial charge in [-0.25, -0.2) is 0 Å². The first kappa shape index (κ1) is 19.7. The summed E-state index contributed by atoms with van der Waals surface area (Å²) in [6.45, 7) is 6.17. The Morgan fingerprint density at radius 1 is 1.20 bits per heavy atom. The zero-order valence-electron chi connectivity index (χ0n) is 15.4. The number of hydrogen-bond donors (Lipinski definition) is 1. The van der Waals surface area contributed by atoms with Gasteiger partial charge in [0.25, 0.3) is 0 Å². The van der Waals surface area contributed by atoms with Gasteiger partial charge in [0.1, 0.15) is 0 Å². The van der Waals surface area contributed by atoms with Crippen LogP contribution in [0.15, 0.2) is 35.3 Å². The maximum atomic E-state index is 5.71. The van der Waals surface area contributed by atoms with Crippen molar-refractivity contribution in [2.45, 2.75) is 13.0 Å². The molecule has 1 aliphatic heterocycles. The second-order valence-corrected chi connectivity index (χ2v) is 6.18. The van der Waals surface area contributed by atoms with Crippen LogP contribution < -0.4 is 5.32 Å². The van der Waals surface area contributed by atoms with Crippen LogP contribution in [0.25, 0.3) is 0 Å². The molecule has 1 fully saturated rings. The quantitative estimate of drug-likeness (QED) is 0.396. The number of nitrogens with one attached hydrogen (secondary N) is 1. The third kappa shape index (κ3) is 7.42. The van der Waals surface area contributed by atoms with Gasteiger partial charge in [-0.15, -0.1) is 0 Å². The SMILES string of the molecule is CN=C(NCCOCc1ccccc1)N1CCC(COCCOC)C1. The number of hydrogen-bond acceptors (Lipinski definition) is 4. The second kappa shape index (κ2) is 11.8. The number of aliphatic imine (C=N–C) groups is 1. The lowest BCUT2D eigenvalue weighted by Gasteiger charge is -2.21. The lowest BCUT2D eigenvalue weighted by molar-refractivity contribution is 0.0536. The van der Waals surface area contributed by atoms with Crippen molar-refractivity contribution in [3.63, 3.8) is 0 Å². The Bertz CT molecular complexity index is 496. The minimum absolute atomic E-state index is 0.560. The van der Waals surface area contributed by atoms with Crippen LogP contribution in [0.1, 0.15) is 12.0 Å². The van der Waals surface area contributed by atoms with Crippen molar-refractivity contribution in [2.75, 3.05) is 60.2 Å². The van der Waals surface area contributed by atoms with E-state index in [9.17, 15) is 0 Å². The van der Waals surface area contributed by atoms with E-state index in [1.807, 2.05) is 25.2 Å². The fraction of sp³-hybridized carbons (Fsp3) is 0.632. The Balaban J connectivity index is 1.59. The maximum absolute atomic E-state index is 5.71. The largest absolute Gasteiger partial charge is 0.382 e. The van der Waals surface area contributed by atoms with Crippen molar-refractivity contribution >= 4 is 5.96 Å². The Morgan fingerprint density at radius 3 is 2.80 bits per heavy atom. The average Bonchev–Trinajstić information content (AvgIpc) is 3.11. The molecule has 25 heavy (non-hydrogen) atoms. The molecule has 1 heterocycles. The number of benzene rings is 1. The van der Waals surface area contributed by atoms with Gasteiger partial charge in [-0.3, -0.25) is 4.99 Å². The second-order valence-electron chi connectivity index (χ2n) is 6.18. The van der Waals surface area contributed by atoms with Gasteiger partial charge in [0.15, 0.2) is 5.96 Å². The molecule has 140 valence electrons. The molecule has 0 saturated carbocycles. The van der Waals surface area contributed by atoms with Crippen LogP contribution in [0.2, 0.25) is 0 Å². The van der Waals surface area contributed by atoms with Gasteiger partial charge in [0, 0.05) is 39.7 Å². The van der Waals surface area contributed by atoms with Crippen LogP contribution in [0.4, 0.5) is 0 Å². The topological polar surface area (TPSA) is 55.3 Å². The van der Waals surface area contributed by atoms with Crippen molar-refractivity contribution in [3.8, 4) is 0 Å². The number of guanidine groups is 1. The van der Waals surface area contributed by atoms with Gasteiger partial charge >= 0.3 is 0 Å². The molecule has 6 nitrogen and oxygen atoms in total. The van der Waals surface area contributed by atoms with Crippen molar-refractivity contribution < 1.29 is 14.2 Å². The summed E-state index contributed by atoms with van der Waals surface area (Å²) < 4.78 is 16.3. The molecule has 0 radical (unpaired) electrons. The first-order valence-corrected chi connectivity index (χ1v) is 8.97. The first-order chi connectivity index (χ1) is 12.3. The molecule has 2 rings (SSSR count). The van der Waals surface area contributed by atoms with E-state index in [-0.39, 0.29) is 0 Å². The summed E-state index contributed by atoms with van der Waals surface area (Å²) >= 11 is 0. The molecule has 6 heteroatoms. The van der Waals surface area contributed by atoms with Gasteiger partial charge in [0.05, 0.1) is 33.0 Å². The highest BCUT2D eigenvalue weighted by molar-refractivity contribution is 5.80. The average molecular weight is 349 g/mol. The van der Waals surface area contributed by atoms with Crippen LogP contribution in [-0.2, 0) is 20.8 Å². The van der Waals surface area contributed by atoms with Crippen molar-refractivity contribution in [1.29, 1.82) is 0 Å². The number of likely N-dealkylation sites (tertiary alicyclic amines) is 1. The molecule has 0 amide bonds. The fourth-order valence-corrected chi connectivity index (χ4v) is 2.88. The van der Waals surface area contributed by atoms with E-state index in [0.717, 1.165) is 38.6 Å². The van der Waals surface area contributed by atoms with E-state index in [2.05, 4.69) is 27.3 Å². The maximum Gasteiger partial charge on any atom is 0.193 e. The minimum atomic E-state index is 0.560. The molecule has 1 aromatic carbocycles. The number of methoxy groups -OCH3 is 1. The van der Waals surface area contributed by atoms with E-state index in [1.165, 1.54) is 5.56 Å². The molecular formula is C19H31N3O3. The van der Waals surface area contributed by atoms with E-state index < -0.39 is 0 Å². The highest BCUT2D eigenvalue weighted by Gasteiger charge is 2.24. The third-order valence-electron chi connectivity index (χ3n) is 4.22. The van der Waals surface area contributed by atoms with Gasteiger partial charge < -0.3 is 24.4 Å². The normalized spacial score (nSPS) is 17.9. The van der Waals surface area contributed by atoms with E-state index in [0.29, 0.717) is 32.3 Å². The molecule has 0 aromatic heterocycles. The third-order valence-corrected chi connectivity index (χ3v) is 4.22. The Labute approximate surface area is 151 Å². The zero-order chi connectivity index (χ0) is 17.7. The predicted octanol–water partition coefficient (Wildman–Crippen LogP) is 1.76. The van der Waals surface area contributed by atoms with Crippen molar-refractivity contribution in [1.82, 2.24) is 10.2 Å². The molecule has 0 bridgehead atoms. The molecule has 1 atom stereocenters. The summed E-state index contributed by atoms with van der Waals surface area (Å²) in [7, 11) is 3.52. The van der Waals surface area contributed by atoms with Crippen LogP contribution >= 0.6 is 0 Å². The van der Waals surface area contributed by atoms with Crippen molar-refractivity contribution in [2.24, 2.45) is 10.9 Å². The smallest absolute Gasteiger partial charge is 0.193 e. The monoisotopic (exact) mass is 349 g/mol. The van der Waals surface area contributed by atoms with Gasteiger partial charge in [0.2, 0.25) is 0 Å². The highest BCUT2D eigenvalue weighted by Crippen LogP contribution is 2.16. The molecule has 1 N–H and O–H groups in total. The van der Waals surface area contributed by atoms with Crippen LogP contribution in [-0.4, -0.2) is 71.1 Å². The molecule has 1 aliphatic rings. The van der Waals surface area contributed by atoms with Crippen LogP contribution in [0, 0.1) is 5.92 Å². The number of nitrogens with zero attached hydrogens (tertiary/aromatic N) is 2. The van der Waals surface area contributed by atoms with E-state index >= 15 is 0 Å². The Hall–Kier alpha value is -1.63. The standard InChI is InChI=1S/C19H31N3O3/c1-20-19(21-9-11-24-15-17-6-4-3-5-7-17)22-10-8-18(14-22)16-25-13-12-23-2/h3-7,18H,8-16H2,1-2H3,(H,20,21). The van der Waals surface area contributed by atoms with Gasteiger partial charge in [-0.05, 0) is 12.0 Å². The van der Waals surface area contributed by atoms with E-state index in [4.69, 9.17) is 14.2 Å². The minimum Gasteiger partial charge on any atom is -0.382 e. The summed E-state index contributed by atoms with van der Waals surface area (Å²) in [5, 5.41) is 3.38. The van der Waals surface area contributed by atoms with Gasteiger partial charge in [-0.1, -0.05) is 30.3 Å². The number of rotatable bonds is 10. The first-order valence-electron chi connectivity index (χ1n) is 8.97. The predicted molar refractivity (Wildman–Crippen MR) is 99.8 cm³/mol. The van der Waals surface area contributed by atoms with Crippen LogP contribution in [0.5, 0.6) is 0 Å². The van der Waals surface area contributed by atoms with Crippen LogP contribution in [0.3, 0.4) is 0 Å². The van der Waals surface area contributed by atoms with Crippen molar-refractivity contribution in [3.05, 3.63) is 35.9 Å². The van der Waals surface area contributed by atoms with E-state index in [1.54, 1.807) is 7.11 Å². The molecule has 0 spiro atoms. The Morgan fingerprint density at radius 2 is 2.04 bits per heavy atom. The highest BCUT2D eigenvalue weighted by atomic mass is 16.5.